The second-order valence-electron chi connectivity index (χ2n) is 4.40. The molecule has 0 aliphatic carbocycles. The average molecular weight is 272 g/mol. The molecule has 0 aliphatic heterocycles. The molecule has 0 saturated carbocycles. The van der Waals surface area contributed by atoms with Crippen LogP contribution in [-0.4, -0.2) is 23.9 Å². The van der Waals surface area contributed by atoms with Gasteiger partial charge in [-0.2, -0.15) is 0 Å². The molecular weight excluding hydrogens is 254 g/mol. The molecule has 0 heterocycles. The zero-order chi connectivity index (χ0) is 13.7. The van der Waals surface area contributed by atoms with Crippen LogP contribution in [0.4, 0.5) is 4.79 Å². The molecule has 1 amide bonds. The molecule has 0 aliphatic rings. The Labute approximate surface area is 112 Å². The van der Waals surface area contributed by atoms with Crippen molar-refractivity contribution in [1.29, 1.82) is 0 Å². The lowest BCUT2D eigenvalue weighted by molar-refractivity contribution is 0.0916. The lowest BCUT2D eigenvalue weighted by Gasteiger charge is -2.27. The van der Waals surface area contributed by atoms with E-state index in [1.807, 2.05) is 25.1 Å². The highest BCUT2D eigenvalue weighted by molar-refractivity contribution is 6.31. The molecule has 0 saturated heterocycles. The Morgan fingerprint density at radius 1 is 1.44 bits per heavy atom. The summed E-state index contributed by atoms with van der Waals surface area (Å²) in [5, 5.41) is 10.5. The van der Waals surface area contributed by atoms with Gasteiger partial charge in [-0.25, -0.2) is 4.79 Å². The third-order valence-corrected chi connectivity index (χ3v) is 3.23. The molecule has 3 atom stereocenters. The van der Waals surface area contributed by atoms with Gasteiger partial charge >= 0.3 is 6.09 Å². The second kappa shape index (κ2) is 6.61. The maximum absolute atomic E-state index is 10.6. The molecule has 1 unspecified atom stereocenters. The maximum Gasteiger partial charge on any atom is 0.404 e. The van der Waals surface area contributed by atoms with Crippen LogP contribution in [0.2, 0.25) is 5.02 Å². The Bertz CT molecular complexity index is 409. The van der Waals surface area contributed by atoms with Crippen LogP contribution in [0.1, 0.15) is 25.3 Å². The Balaban J connectivity index is 2.89. The number of nitrogens with two attached hydrogens (primary N) is 1. The number of amides is 1. The topological polar surface area (TPSA) is 72.6 Å². The lowest BCUT2D eigenvalue weighted by Crippen LogP contribution is -2.27. The van der Waals surface area contributed by atoms with E-state index >= 15 is 0 Å². The fourth-order valence-corrected chi connectivity index (χ4v) is 2.37. The van der Waals surface area contributed by atoms with Gasteiger partial charge in [-0.1, -0.05) is 36.7 Å². The monoisotopic (exact) mass is 271 g/mol. The molecule has 1 aromatic rings. The van der Waals surface area contributed by atoms with Crippen molar-refractivity contribution >= 4 is 17.7 Å². The van der Waals surface area contributed by atoms with Crippen LogP contribution in [0.15, 0.2) is 24.3 Å². The molecule has 1 rings (SSSR count). The van der Waals surface area contributed by atoms with Gasteiger partial charge < -0.3 is 15.6 Å². The first-order chi connectivity index (χ1) is 8.43. The predicted molar refractivity (Wildman–Crippen MR) is 70.6 cm³/mol. The molecule has 1 aromatic carbocycles. The first-order valence-electron chi connectivity index (χ1n) is 5.78. The molecule has 0 spiro atoms. The number of aliphatic hydroxyl groups is 1. The molecule has 100 valence electrons. The quantitative estimate of drug-likeness (QED) is 0.864. The van der Waals surface area contributed by atoms with Crippen molar-refractivity contribution in [1.82, 2.24) is 0 Å². The van der Waals surface area contributed by atoms with E-state index in [0.717, 1.165) is 5.56 Å². The summed E-state index contributed by atoms with van der Waals surface area (Å²) < 4.78 is 4.78. The molecule has 0 aromatic heterocycles. The number of hydrogen-bond acceptors (Lipinski definition) is 3. The highest BCUT2D eigenvalue weighted by atomic mass is 35.5. The van der Waals surface area contributed by atoms with E-state index in [0.29, 0.717) is 5.02 Å². The van der Waals surface area contributed by atoms with E-state index in [1.165, 1.54) is 0 Å². The fraction of sp³-hybridized carbons (Fsp3) is 0.462. The third-order valence-electron chi connectivity index (χ3n) is 2.89. The van der Waals surface area contributed by atoms with Gasteiger partial charge in [-0.15, -0.1) is 0 Å². The van der Waals surface area contributed by atoms with Gasteiger partial charge in [0.2, 0.25) is 0 Å². The second-order valence-corrected chi connectivity index (χ2v) is 4.80. The number of rotatable bonds is 5. The minimum Gasteiger partial charge on any atom is -0.449 e. The summed E-state index contributed by atoms with van der Waals surface area (Å²) in [6, 6.07) is 7.32. The highest BCUT2D eigenvalue weighted by Gasteiger charge is 2.26. The van der Waals surface area contributed by atoms with Crippen molar-refractivity contribution in [3.8, 4) is 0 Å². The number of ether oxygens (including phenoxy) is 1. The summed E-state index contributed by atoms with van der Waals surface area (Å²) in [5.41, 5.74) is 5.78. The van der Waals surface area contributed by atoms with Crippen molar-refractivity contribution in [3.05, 3.63) is 34.9 Å². The van der Waals surface area contributed by atoms with Gasteiger partial charge in [0.15, 0.2) is 0 Å². The molecular formula is C13H18ClNO3. The normalized spacial score (nSPS) is 15.8. The Morgan fingerprint density at radius 3 is 2.56 bits per heavy atom. The molecule has 5 heteroatoms. The van der Waals surface area contributed by atoms with Gasteiger partial charge in [-0.05, 0) is 24.5 Å². The van der Waals surface area contributed by atoms with E-state index in [9.17, 15) is 9.90 Å². The molecule has 3 N–H and O–H groups in total. The van der Waals surface area contributed by atoms with Crippen LogP contribution in [-0.2, 0) is 4.74 Å². The first kappa shape index (κ1) is 14.8. The Hall–Kier alpha value is -1.26. The van der Waals surface area contributed by atoms with E-state index in [-0.39, 0.29) is 18.4 Å². The summed E-state index contributed by atoms with van der Waals surface area (Å²) in [6.45, 7) is 3.72. The number of benzene rings is 1. The van der Waals surface area contributed by atoms with Crippen LogP contribution in [0.25, 0.3) is 0 Å². The summed E-state index contributed by atoms with van der Waals surface area (Å²) in [6.07, 6.45) is -1.42. The summed E-state index contributed by atoms with van der Waals surface area (Å²) in [7, 11) is 0. The standard InChI is InChI=1S/C13H18ClNO3/c1-8(7-18-13(15)17)12(9(2)16)10-5-3-4-6-11(10)14/h3-6,8-9,12,16H,7H2,1-2H3,(H2,15,17)/t8-,9+,12?/m1/s1. The molecule has 0 fully saturated rings. The van der Waals surface area contributed by atoms with E-state index in [1.54, 1.807) is 13.0 Å². The molecule has 0 bridgehead atoms. The molecule has 4 nitrogen and oxygen atoms in total. The van der Waals surface area contributed by atoms with Crippen LogP contribution in [0.5, 0.6) is 0 Å². The summed E-state index contributed by atoms with van der Waals surface area (Å²) >= 11 is 6.13. The lowest BCUT2D eigenvalue weighted by atomic mass is 9.84. The predicted octanol–water partition coefficient (Wildman–Crippen LogP) is 2.54. The number of primary amides is 1. The van der Waals surface area contributed by atoms with Gasteiger partial charge in [0.1, 0.15) is 0 Å². The maximum atomic E-state index is 10.6. The van der Waals surface area contributed by atoms with Crippen molar-refractivity contribution in [2.45, 2.75) is 25.9 Å². The van der Waals surface area contributed by atoms with Crippen molar-refractivity contribution in [2.75, 3.05) is 6.61 Å². The average Bonchev–Trinajstić information content (AvgIpc) is 2.29. The number of carbonyl (C=O) groups is 1. The largest absolute Gasteiger partial charge is 0.449 e. The summed E-state index contributed by atoms with van der Waals surface area (Å²) in [4.78, 5) is 10.6. The SMILES string of the molecule is C[C@H](O)C(c1ccccc1Cl)[C@H](C)COC(N)=O. The zero-order valence-corrected chi connectivity index (χ0v) is 11.2. The molecule has 18 heavy (non-hydrogen) atoms. The number of aliphatic hydroxyl groups excluding tert-OH is 1. The van der Waals surface area contributed by atoms with Crippen LogP contribution >= 0.6 is 11.6 Å². The van der Waals surface area contributed by atoms with Crippen LogP contribution in [0.3, 0.4) is 0 Å². The van der Waals surface area contributed by atoms with E-state index in [4.69, 9.17) is 22.1 Å². The van der Waals surface area contributed by atoms with Crippen molar-refractivity contribution in [2.24, 2.45) is 11.7 Å². The van der Waals surface area contributed by atoms with Crippen LogP contribution in [0, 0.1) is 5.92 Å². The van der Waals surface area contributed by atoms with Crippen molar-refractivity contribution in [3.63, 3.8) is 0 Å². The fourth-order valence-electron chi connectivity index (χ4n) is 2.10. The Kier molecular flexibility index (Phi) is 5.44. The summed E-state index contributed by atoms with van der Waals surface area (Å²) in [5.74, 6) is -0.296. The van der Waals surface area contributed by atoms with Gasteiger partial charge in [0.25, 0.3) is 0 Å². The minimum atomic E-state index is -0.814. The number of halogens is 1. The minimum absolute atomic E-state index is 0.0857. The Morgan fingerprint density at radius 2 is 2.06 bits per heavy atom. The van der Waals surface area contributed by atoms with E-state index in [2.05, 4.69) is 0 Å². The number of hydrogen-bond donors (Lipinski definition) is 2. The van der Waals surface area contributed by atoms with Gasteiger partial charge in [0, 0.05) is 10.9 Å². The highest BCUT2D eigenvalue weighted by Crippen LogP contribution is 2.33. The van der Waals surface area contributed by atoms with Crippen molar-refractivity contribution < 1.29 is 14.6 Å². The third kappa shape index (κ3) is 3.89. The van der Waals surface area contributed by atoms with E-state index < -0.39 is 12.2 Å². The van der Waals surface area contributed by atoms with Gasteiger partial charge in [-0.3, -0.25) is 0 Å². The number of carbonyl (C=O) groups excluding carboxylic acids is 1. The van der Waals surface area contributed by atoms with Crippen LogP contribution < -0.4 is 5.73 Å². The smallest absolute Gasteiger partial charge is 0.404 e. The first-order valence-corrected chi connectivity index (χ1v) is 6.16. The zero-order valence-electron chi connectivity index (χ0n) is 10.5. The molecule has 0 radical (unpaired) electrons. The van der Waals surface area contributed by atoms with Gasteiger partial charge in [0.05, 0.1) is 12.7 Å².